The SMILES string of the molecule is COc1ccc(-n2nc(-c3nc(C[S@](C)=O)no3)cc2C)cc1. The number of nitrogens with zero attached hydrogens (tertiary/aromatic N) is 4. The third kappa shape index (κ3) is 3.31. The van der Waals surface area contributed by atoms with Gasteiger partial charge in [0.25, 0.3) is 5.89 Å². The van der Waals surface area contributed by atoms with Crippen LogP contribution in [0.5, 0.6) is 5.75 Å². The number of rotatable bonds is 5. The van der Waals surface area contributed by atoms with E-state index < -0.39 is 10.8 Å². The normalized spacial score (nSPS) is 12.3. The van der Waals surface area contributed by atoms with E-state index in [0.29, 0.717) is 17.4 Å². The molecule has 120 valence electrons. The molecule has 1 atom stereocenters. The molecule has 8 heteroatoms. The number of aromatic nitrogens is 4. The lowest BCUT2D eigenvalue weighted by Crippen LogP contribution is -1.98. The van der Waals surface area contributed by atoms with Gasteiger partial charge >= 0.3 is 0 Å². The molecule has 3 aromatic rings. The molecule has 0 N–H and O–H groups in total. The number of hydrogen-bond acceptors (Lipinski definition) is 6. The van der Waals surface area contributed by atoms with Gasteiger partial charge in [0.15, 0.2) is 11.5 Å². The molecule has 23 heavy (non-hydrogen) atoms. The number of hydrogen-bond donors (Lipinski definition) is 0. The Labute approximate surface area is 135 Å². The van der Waals surface area contributed by atoms with Crippen molar-refractivity contribution < 1.29 is 13.5 Å². The van der Waals surface area contributed by atoms with Gasteiger partial charge in [-0.2, -0.15) is 10.1 Å². The molecule has 0 saturated carbocycles. The fraction of sp³-hybridized carbons (Fsp3) is 0.267. The van der Waals surface area contributed by atoms with Crippen molar-refractivity contribution in [2.75, 3.05) is 13.4 Å². The van der Waals surface area contributed by atoms with E-state index >= 15 is 0 Å². The maximum absolute atomic E-state index is 11.2. The first-order chi connectivity index (χ1) is 11.1. The van der Waals surface area contributed by atoms with Crippen LogP contribution in [0.2, 0.25) is 0 Å². The van der Waals surface area contributed by atoms with Crippen LogP contribution in [0, 0.1) is 6.92 Å². The van der Waals surface area contributed by atoms with Gasteiger partial charge < -0.3 is 9.26 Å². The molecule has 3 rings (SSSR count). The maximum atomic E-state index is 11.2. The van der Waals surface area contributed by atoms with Gasteiger partial charge in [0, 0.05) is 22.7 Å². The van der Waals surface area contributed by atoms with Crippen molar-refractivity contribution in [1.82, 2.24) is 19.9 Å². The second-order valence-corrected chi connectivity index (χ2v) is 6.45. The number of aryl methyl sites for hydroxylation is 1. The van der Waals surface area contributed by atoms with Crippen LogP contribution in [0.4, 0.5) is 0 Å². The summed E-state index contributed by atoms with van der Waals surface area (Å²) in [5, 5.41) is 8.32. The predicted molar refractivity (Wildman–Crippen MR) is 85.9 cm³/mol. The van der Waals surface area contributed by atoms with Crippen molar-refractivity contribution in [3.63, 3.8) is 0 Å². The lowest BCUT2D eigenvalue weighted by molar-refractivity contribution is 0.414. The van der Waals surface area contributed by atoms with Crippen molar-refractivity contribution in [2.24, 2.45) is 0 Å². The molecule has 0 radical (unpaired) electrons. The van der Waals surface area contributed by atoms with Crippen molar-refractivity contribution in [3.8, 4) is 23.0 Å². The Morgan fingerprint density at radius 3 is 2.70 bits per heavy atom. The average Bonchev–Trinajstić information content (AvgIpc) is 3.13. The first-order valence-corrected chi connectivity index (χ1v) is 8.63. The summed E-state index contributed by atoms with van der Waals surface area (Å²) in [5.41, 5.74) is 2.42. The van der Waals surface area contributed by atoms with E-state index in [4.69, 9.17) is 9.26 Å². The van der Waals surface area contributed by atoms with Gasteiger partial charge in [-0.05, 0) is 37.3 Å². The van der Waals surface area contributed by atoms with Crippen LogP contribution in [0.3, 0.4) is 0 Å². The molecule has 7 nitrogen and oxygen atoms in total. The Kier molecular flexibility index (Phi) is 4.24. The van der Waals surface area contributed by atoms with E-state index in [1.165, 1.54) is 0 Å². The van der Waals surface area contributed by atoms with Crippen LogP contribution < -0.4 is 4.74 Å². The first kappa shape index (κ1) is 15.4. The highest BCUT2D eigenvalue weighted by molar-refractivity contribution is 7.83. The quantitative estimate of drug-likeness (QED) is 0.712. The summed E-state index contributed by atoms with van der Waals surface area (Å²) in [6.45, 7) is 1.94. The zero-order valence-electron chi connectivity index (χ0n) is 13.0. The van der Waals surface area contributed by atoms with Gasteiger partial charge in [0.1, 0.15) is 5.75 Å². The fourth-order valence-electron chi connectivity index (χ4n) is 2.16. The van der Waals surface area contributed by atoms with Crippen molar-refractivity contribution in [1.29, 1.82) is 0 Å². The number of methoxy groups -OCH3 is 1. The molecule has 0 amide bonds. The van der Waals surface area contributed by atoms with Crippen LogP contribution in [-0.4, -0.2) is 37.5 Å². The summed E-state index contributed by atoms with van der Waals surface area (Å²) in [6.07, 6.45) is 1.60. The highest BCUT2D eigenvalue weighted by Crippen LogP contribution is 2.21. The first-order valence-electron chi connectivity index (χ1n) is 6.91. The van der Waals surface area contributed by atoms with Gasteiger partial charge in [0.2, 0.25) is 0 Å². The molecule has 0 spiro atoms. The molecule has 0 aliphatic carbocycles. The summed E-state index contributed by atoms with van der Waals surface area (Å²) >= 11 is 0. The van der Waals surface area contributed by atoms with E-state index in [1.807, 2.05) is 37.3 Å². The van der Waals surface area contributed by atoms with E-state index in [0.717, 1.165) is 17.1 Å². The molecular weight excluding hydrogens is 316 g/mol. The highest BCUT2D eigenvalue weighted by atomic mass is 32.2. The Hall–Kier alpha value is -2.48. The third-order valence-corrected chi connectivity index (χ3v) is 3.89. The molecular formula is C15H16N4O3S. The number of ether oxygens (including phenoxy) is 1. The van der Waals surface area contributed by atoms with Crippen LogP contribution in [0.15, 0.2) is 34.9 Å². The Morgan fingerprint density at radius 2 is 2.04 bits per heavy atom. The summed E-state index contributed by atoms with van der Waals surface area (Å²) in [4.78, 5) is 4.23. The van der Waals surface area contributed by atoms with Crippen molar-refractivity contribution >= 4 is 10.8 Å². The molecule has 0 aliphatic rings. The second kappa shape index (κ2) is 6.33. The van der Waals surface area contributed by atoms with E-state index in [9.17, 15) is 4.21 Å². The van der Waals surface area contributed by atoms with Crippen molar-refractivity contribution in [2.45, 2.75) is 12.7 Å². The minimum atomic E-state index is -1.01. The summed E-state index contributed by atoms with van der Waals surface area (Å²) in [5.74, 6) is 1.79. The van der Waals surface area contributed by atoms with Crippen molar-refractivity contribution in [3.05, 3.63) is 41.9 Å². The zero-order chi connectivity index (χ0) is 16.4. The van der Waals surface area contributed by atoms with E-state index in [1.54, 1.807) is 18.0 Å². The van der Waals surface area contributed by atoms with Gasteiger partial charge in [-0.3, -0.25) is 4.21 Å². The fourth-order valence-corrected chi connectivity index (χ4v) is 2.64. The van der Waals surface area contributed by atoms with Crippen LogP contribution in [-0.2, 0) is 16.6 Å². The topological polar surface area (TPSA) is 83.0 Å². The van der Waals surface area contributed by atoms with E-state index in [2.05, 4.69) is 15.2 Å². The standard InChI is InChI=1S/C15H16N4O3S/c1-10-8-13(15-16-14(18-22-15)9-23(3)20)17-19(10)11-4-6-12(21-2)7-5-11/h4-8H,9H2,1-3H3/t23-/m0/s1. The van der Waals surface area contributed by atoms with Gasteiger partial charge in [-0.25, -0.2) is 4.68 Å². The Bertz CT molecular complexity index is 839. The molecule has 2 heterocycles. The lowest BCUT2D eigenvalue weighted by atomic mass is 10.3. The average molecular weight is 332 g/mol. The van der Waals surface area contributed by atoms with Crippen LogP contribution >= 0.6 is 0 Å². The minimum Gasteiger partial charge on any atom is -0.497 e. The molecule has 0 fully saturated rings. The summed E-state index contributed by atoms with van der Waals surface area (Å²) in [7, 11) is 0.614. The predicted octanol–water partition coefficient (Wildman–Crippen LogP) is 2.12. The smallest absolute Gasteiger partial charge is 0.278 e. The number of benzene rings is 1. The molecule has 0 bridgehead atoms. The monoisotopic (exact) mass is 332 g/mol. The summed E-state index contributed by atoms with van der Waals surface area (Å²) < 4.78 is 23.4. The van der Waals surface area contributed by atoms with Crippen LogP contribution in [0.1, 0.15) is 11.5 Å². The molecule has 2 aromatic heterocycles. The molecule has 0 aliphatic heterocycles. The largest absolute Gasteiger partial charge is 0.497 e. The van der Waals surface area contributed by atoms with Gasteiger partial charge in [-0.1, -0.05) is 5.16 Å². The van der Waals surface area contributed by atoms with Gasteiger partial charge in [-0.15, -0.1) is 0 Å². The highest BCUT2D eigenvalue weighted by Gasteiger charge is 2.15. The lowest BCUT2D eigenvalue weighted by Gasteiger charge is -2.05. The maximum Gasteiger partial charge on any atom is 0.278 e. The second-order valence-electron chi connectivity index (χ2n) is 5.01. The zero-order valence-corrected chi connectivity index (χ0v) is 13.8. The molecule has 1 aromatic carbocycles. The Balaban J connectivity index is 1.90. The molecule has 0 unspecified atom stereocenters. The third-order valence-electron chi connectivity index (χ3n) is 3.22. The summed E-state index contributed by atoms with van der Waals surface area (Å²) in [6, 6.07) is 9.45. The minimum absolute atomic E-state index is 0.266. The van der Waals surface area contributed by atoms with Crippen LogP contribution in [0.25, 0.3) is 17.3 Å². The van der Waals surface area contributed by atoms with E-state index in [-0.39, 0.29) is 5.75 Å². The van der Waals surface area contributed by atoms with Gasteiger partial charge in [0.05, 0.1) is 18.6 Å². The Morgan fingerprint density at radius 1 is 1.30 bits per heavy atom. The molecule has 0 saturated heterocycles.